The SMILES string of the molecule is CC(=O)[C@H]1[C@@H](C)C[C@H]2[C@@H]3CCC4=CC(=O)CC[C@]4(C)[C@@]3(F)C(=O)C[C@@]21C. The molecule has 0 amide bonds. The maximum Gasteiger partial charge on any atom is 0.180 e. The fourth-order valence-electron chi connectivity index (χ4n) is 7.53. The third-order valence-corrected chi connectivity index (χ3v) is 8.58. The van der Waals surface area contributed by atoms with Gasteiger partial charge in [0.15, 0.2) is 17.2 Å². The molecule has 0 saturated heterocycles. The van der Waals surface area contributed by atoms with Gasteiger partial charge in [0.05, 0.1) is 0 Å². The molecule has 0 aromatic carbocycles. The Balaban J connectivity index is 1.82. The first kappa shape index (κ1) is 18.1. The lowest BCUT2D eigenvalue weighted by molar-refractivity contribution is -0.173. The molecule has 7 atom stereocenters. The Morgan fingerprint density at radius 1 is 1.19 bits per heavy atom. The van der Waals surface area contributed by atoms with Crippen molar-refractivity contribution in [2.75, 3.05) is 0 Å². The molecule has 0 N–H and O–H groups in total. The van der Waals surface area contributed by atoms with Crippen molar-refractivity contribution < 1.29 is 18.8 Å². The molecule has 142 valence electrons. The summed E-state index contributed by atoms with van der Waals surface area (Å²) in [5, 5.41) is 0. The van der Waals surface area contributed by atoms with Crippen molar-refractivity contribution in [1.82, 2.24) is 0 Å². The van der Waals surface area contributed by atoms with E-state index in [4.69, 9.17) is 0 Å². The van der Waals surface area contributed by atoms with Crippen LogP contribution in [0.25, 0.3) is 0 Å². The van der Waals surface area contributed by atoms with Crippen molar-refractivity contribution in [2.24, 2.45) is 34.5 Å². The van der Waals surface area contributed by atoms with Crippen LogP contribution in [0.15, 0.2) is 11.6 Å². The smallest absolute Gasteiger partial charge is 0.180 e. The van der Waals surface area contributed by atoms with E-state index >= 15 is 4.39 Å². The topological polar surface area (TPSA) is 51.2 Å². The molecule has 0 aliphatic heterocycles. The predicted octanol–water partition coefficient (Wildman–Crippen LogP) is 4.24. The van der Waals surface area contributed by atoms with Gasteiger partial charge < -0.3 is 0 Å². The van der Waals surface area contributed by atoms with Gasteiger partial charge in [0.1, 0.15) is 5.78 Å². The van der Waals surface area contributed by atoms with Gasteiger partial charge in [-0.3, -0.25) is 14.4 Å². The van der Waals surface area contributed by atoms with E-state index in [1.54, 1.807) is 13.0 Å². The number of carbonyl (C=O) groups excluding carboxylic acids is 3. The normalized spacial score (nSPS) is 50.6. The molecule has 3 nitrogen and oxygen atoms in total. The van der Waals surface area contributed by atoms with Crippen molar-refractivity contribution >= 4 is 17.3 Å². The van der Waals surface area contributed by atoms with Crippen LogP contribution < -0.4 is 0 Å². The zero-order chi connectivity index (χ0) is 19.1. The van der Waals surface area contributed by atoms with Gasteiger partial charge in [-0.1, -0.05) is 26.3 Å². The van der Waals surface area contributed by atoms with Crippen LogP contribution in [0, 0.1) is 34.5 Å². The highest BCUT2D eigenvalue weighted by Gasteiger charge is 2.72. The first-order chi connectivity index (χ1) is 12.1. The van der Waals surface area contributed by atoms with Crippen LogP contribution in [0.1, 0.15) is 66.2 Å². The van der Waals surface area contributed by atoms with E-state index in [9.17, 15) is 14.4 Å². The Bertz CT molecular complexity index is 740. The molecule has 0 heterocycles. The van der Waals surface area contributed by atoms with Gasteiger partial charge in [-0.15, -0.1) is 0 Å². The summed E-state index contributed by atoms with van der Waals surface area (Å²) in [5.74, 6) is -0.384. The quantitative estimate of drug-likeness (QED) is 0.703. The number of Topliss-reactive ketones (excluding diaryl/α,β-unsaturated/α-hetero) is 2. The number of halogens is 1. The van der Waals surface area contributed by atoms with E-state index in [1.807, 2.05) is 13.8 Å². The molecule has 0 radical (unpaired) electrons. The average Bonchev–Trinajstić information content (AvgIpc) is 2.80. The maximum atomic E-state index is 16.7. The van der Waals surface area contributed by atoms with Crippen molar-refractivity contribution in [2.45, 2.75) is 71.9 Å². The molecule has 0 aromatic heterocycles. The van der Waals surface area contributed by atoms with Gasteiger partial charge in [0.25, 0.3) is 0 Å². The second-order valence-corrected chi connectivity index (χ2v) is 9.84. The second-order valence-electron chi connectivity index (χ2n) is 9.84. The van der Waals surface area contributed by atoms with Gasteiger partial charge in [-0.25, -0.2) is 4.39 Å². The Morgan fingerprint density at radius 2 is 1.88 bits per heavy atom. The number of alkyl halides is 1. The van der Waals surface area contributed by atoms with Crippen LogP contribution in [0.2, 0.25) is 0 Å². The molecule has 3 fully saturated rings. The van der Waals surface area contributed by atoms with Gasteiger partial charge in [-0.2, -0.15) is 0 Å². The lowest BCUT2D eigenvalue weighted by Crippen LogP contribution is -2.65. The Labute approximate surface area is 154 Å². The molecule has 0 spiro atoms. The number of allylic oxidation sites excluding steroid dienone is 1. The fraction of sp³-hybridized carbons (Fsp3) is 0.773. The third-order valence-electron chi connectivity index (χ3n) is 8.58. The van der Waals surface area contributed by atoms with Crippen LogP contribution >= 0.6 is 0 Å². The van der Waals surface area contributed by atoms with Crippen LogP contribution in [0.5, 0.6) is 0 Å². The maximum absolute atomic E-state index is 16.7. The van der Waals surface area contributed by atoms with Crippen LogP contribution in [-0.4, -0.2) is 23.0 Å². The Kier molecular flexibility index (Phi) is 3.72. The first-order valence-corrected chi connectivity index (χ1v) is 10.0. The number of rotatable bonds is 1. The number of ketones is 3. The molecule has 3 saturated carbocycles. The van der Waals surface area contributed by atoms with Crippen LogP contribution in [0.4, 0.5) is 4.39 Å². The molecular weight excluding hydrogens is 331 g/mol. The lowest BCUT2D eigenvalue weighted by atomic mass is 9.44. The van der Waals surface area contributed by atoms with Crippen molar-refractivity contribution in [3.8, 4) is 0 Å². The van der Waals surface area contributed by atoms with Crippen molar-refractivity contribution in [1.29, 1.82) is 0 Å². The minimum absolute atomic E-state index is 0.0544. The summed E-state index contributed by atoms with van der Waals surface area (Å²) in [6, 6.07) is 0. The molecule has 4 aliphatic rings. The molecule has 4 aliphatic carbocycles. The summed E-state index contributed by atoms with van der Waals surface area (Å²) in [5.41, 5.74) is -2.35. The van der Waals surface area contributed by atoms with E-state index in [0.717, 1.165) is 12.0 Å². The molecule has 0 bridgehead atoms. The summed E-state index contributed by atoms with van der Waals surface area (Å²) in [6.45, 7) is 7.60. The largest absolute Gasteiger partial charge is 0.300 e. The Hall–Kier alpha value is -1.32. The minimum Gasteiger partial charge on any atom is -0.300 e. The molecule has 4 heteroatoms. The van der Waals surface area contributed by atoms with E-state index in [2.05, 4.69) is 6.92 Å². The summed E-state index contributed by atoms with van der Waals surface area (Å²) in [7, 11) is 0. The molecule has 26 heavy (non-hydrogen) atoms. The number of hydrogen-bond acceptors (Lipinski definition) is 3. The van der Waals surface area contributed by atoms with Crippen molar-refractivity contribution in [3.63, 3.8) is 0 Å². The highest BCUT2D eigenvalue weighted by Crippen LogP contribution is 2.69. The lowest BCUT2D eigenvalue weighted by Gasteiger charge is -2.59. The zero-order valence-electron chi connectivity index (χ0n) is 16.2. The summed E-state index contributed by atoms with van der Waals surface area (Å²) in [4.78, 5) is 37.5. The highest BCUT2D eigenvalue weighted by molar-refractivity contribution is 5.96. The number of hydrogen-bond donors (Lipinski definition) is 0. The van der Waals surface area contributed by atoms with Crippen LogP contribution in [0.3, 0.4) is 0 Å². The van der Waals surface area contributed by atoms with E-state index in [1.165, 1.54) is 0 Å². The van der Waals surface area contributed by atoms with Crippen molar-refractivity contribution in [3.05, 3.63) is 11.6 Å². The van der Waals surface area contributed by atoms with Gasteiger partial charge >= 0.3 is 0 Å². The molecule has 4 rings (SSSR count). The average molecular weight is 360 g/mol. The number of fused-ring (bicyclic) bond motifs is 5. The van der Waals surface area contributed by atoms with Crippen LogP contribution in [-0.2, 0) is 14.4 Å². The van der Waals surface area contributed by atoms with E-state index in [0.29, 0.717) is 25.7 Å². The van der Waals surface area contributed by atoms with Gasteiger partial charge in [0.2, 0.25) is 0 Å². The standard InChI is InChI=1S/C22H29FO3/c1-12-9-17-16-6-5-14-10-15(25)7-8-21(14,4)22(16,23)18(26)11-20(17,3)19(12)13(2)24/h10,12,16-17,19H,5-9,11H2,1-4H3/t12-,16-,17-,19+,20-,21-,22-/m0/s1. The van der Waals surface area contributed by atoms with E-state index < -0.39 is 16.5 Å². The molecule has 0 unspecified atom stereocenters. The fourth-order valence-corrected chi connectivity index (χ4v) is 7.53. The molecule has 0 aromatic rings. The first-order valence-electron chi connectivity index (χ1n) is 10.0. The third kappa shape index (κ3) is 1.96. The van der Waals surface area contributed by atoms with Gasteiger partial charge in [0, 0.05) is 30.1 Å². The highest BCUT2D eigenvalue weighted by atomic mass is 19.1. The summed E-state index contributed by atoms with van der Waals surface area (Å²) in [6.07, 6.45) is 4.62. The second kappa shape index (κ2) is 5.36. The molecular formula is C22H29FO3. The summed E-state index contributed by atoms with van der Waals surface area (Å²) >= 11 is 0. The Morgan fingerprint density at radius 3 is 2.54 bits per heavy atom. The zero-order valence-corrected chi connectivity index (χ0v) is 16.2. The van der Waals surface area contributed by atoms with Gasteiger partial charge in [-0.05, 0) is 55.9 Å². The van der Waals surface area contributed by atoms with E-state index in [-0.39, 0.29) is 47.4 Å². The number of carbonyl (C=O) groups is 3. The predicted molar refractivity (Wildman–Crippen MR) is 96.2 cm³/mol. The minimum atomic E-state index is -1.90. The summed E-state index contributed by atoms with van der Waals surface area (Å²) < 4.78 is 16.7. The monoisotopic (exact) mass is 360 g/mol.